The van der Waals surface area contributed by atoms with Gasteiger partial charge >= 0.3 is 0 Å². The van der Waals surface area contributed by atoms with Gasteiger partial charge in [-0.2, -0.15) is 0 Å². The van der Waals surface area contributed by atoms with Crippen LogP contribution in [0.25, 0.3) is 0 Å². The van der Waals surface area contributed by atoms with Gasteiger partial charge in [-0.15, -0.1) is 0 Å². The summed E-state index contributed by atoms with van der Waals surface area (Å²) in [5.74, 6) is 6.99. The first-order valence-corrected chi connectivity index (χ1v) is 8.72. The number of methoxy groups -OCH3 is 1. The minimum Gasteiger partial charge on any atom is -0.497 e. The second kappa shape index (κ2) is 8.50. The SMILES string of the molecule is COc1ccc(C#Cc2ccc(C(=O)N3CCCC(CO)C3)nc2)cc1. The van der Waals surface area contributed by atoms with Crippen molar-refractivity contribution >= 4 is 5.91 Å². The molecular formula is C21H22N2O3. The number of carbonyl (C=O) groups excluding carboxylic acids is 1. The van der Waals surface area contributed by atoms with Crippen LogP contribution in [0.1, 0.15) is 34.5 Å². The third kappa shape index (κ3) is 4.41. The highest BCUT2D eigenvalue weighted by Crippen LogP contribution is 2.17. The van der Waals surface area contributed by atoms with E-state index in [2.05, 4.69) is 16.8 Å². The Bertz CT molecular complexity index is 804. The predicted molar refractivity (Wildman–Crippen MR) is 98.9 cm³/mol. The molecule has 1 N–H and O–H groups in total. The molecule has 5 heteroatoms. The molecular weight excluding hydrogens is 328 g/mol. The van der Waals surface area contributed by atoms with Crippen LogP contribution in [0.5, 0.6) is 5.75 Å². The molecule has 1 fully saturated rings. The number of nitrogens with zero attached hydrogens (tertiary/aromatic N) is 2. The average Bonchev–Trinajstić information content (AvgIpc) is 2.72. The Morgan fingerprint density at radius 2 is 1.96 bits per heavy atom. The van der Waals surface area contributed by atoms with Gasteiger partial charge in [-0.3, -0.25) is 4.79 Å². The molecule has 0 aliphatic carbocycles. The van der Waals surface area contributed by atoms with E-state index in [1.165, 1.54) is 0 Å². The first kappa shape index (κ1) is 18.0. The number of aliphatic hydroxyl groups excluding tert-OH is 1. The lowest BCUT2D eigenvalue weighted by Crippen LogP contribution is -2.41. The fourth-order valence-corrected chi connectivity index (χ4v) is 2.97. The zero-order chi connectivity index (χ0) is 18.4. The van der Waals surface area contributed by atoms with Gasteiger partial charge in [-0.05, 0) is 55.2 Å². The van der Waals surface area contributed by atoms with Crippen molar-refractivity contribution < 1.29 is 14.6 Å². The Morgan fingerprint density at radius 1 is 1.23 bits per heavy atom. The van der Waals surface area contributed by atoms with Crippen LogP contribution in [0.3, 0.4) is 0 Å². The molecule has 1 aromatic heterocycles. The molecule has 1 atom stereocenters. The summed E-state index contributed by atoms with van der Waals surface area (Å²) in [6, 6.07) is 11.0. The van der Waals surface area contributed by atoms with Gasteiger partial charge in [0.2, 0.25) is 0 Å². The molecule has 134 valence electrons. The van der Waals surface area contributed by atoms with Crippen LogP contribution in [0.15, 0.2) is 42.6 Å². The highest BCUT2D eigenvalue weighted by Gasteiger charge is 2.24. The highest BCUT2D eigenvalue weighted by molar-refractivity contribution is 5.92. The molecule has 1 aromatic carbocycles. The monoisotopic (exact) mass is 350 g/mol. The Balaban J connectivity index is 1.66. The molecule has 2 aromatic rings. The van der Waals surface area contributed by atoms with Crippen molar-refractivity contribution in [2.24, 2.45) is 5.92 Å². The number of ether oxygens (including phenoxy) is 1. The van der Waals surface area contributed by atoms with Gasteiger partial charge in [0.15, 0.2) is 0 Å². The molecule has 2 heterocycles. The number of amides is 1. The zero-order valence-corrected chi connectivity index (χ0v) is 14.8. The van der Waals surface area contributed by atoms with Crippen LogP contribution in [0.2, 0.25) is 0 Å². The first-order valence-electron chi connectivity index (χ1n) is 8.72. The number of hydrogen-bond acceptors (Lipinski definition) is 4. The normalized spacial score (nSPS) is 16.5. The lowest BCUT2D eigenvalue weighted by atomic mass is 9.99. The van der Waals surface area contributed by atoms with Gasteiger partial charge in [0.05, 0.1) is 7.11 Å². The van der Waals surface area contributed by atoms with Gasteiger partial charge < -0.3 is 14.7 Å². The topological polar surface area (TPSA) is 62.7 Å². The van der Waals surface area contributed by atoms with E-state index in [1.807, 2.05) is 30.3 Å². The van der Waals surface area contributed by atoms with Crippen molar-refractivity contribution in [3.8, 4) is 17.6 Å². The van der Waals surface area contributed by atoms with Gasteiger partial charge in [-0.25, -0.2) is 4.98 Å². The maximum atomic E-state index is 12.5. The number of likely N-dealkylation sites (tertiary alicyclic amines) is 1. The van der Waals surface area contributed by atoms with E-state index in [4.69, 9.17) is 4.74 Å². The number of hydrogen-bond donors (Lipinski definition) is 1. The fraction of sp³-hybridized carbons (Fsp3) is 0.333. The number of aromatic nitrogens is 1. The van der Waals surface area contributed by atoms with Crippen LogP contribution in [-0.4, -0.2) is 47.7 Å². The van der Waals surface area contributed by atoms with E-state index in [9.17, 15) is 9.90 Å². The van der Waals surface area contributed by atoms with Crippen LogP contribution in [0, 0.1) is 17.8 Å². The van der Waals surface area contributed by atoms with E-state index < -0.39 is 0 Å². The Hall–Kier alpha value is -2.84. The Labute approximate surface area is 153 Å². The number of pyridine rings is 1. The summed E-state index contributed by atoms with van der Waals surface area (Å²) in [5, 5.41) is 9.30. The third-order valence-electron chi connectivity index (χ3n) is 4.49. The molecule has 5 nitrogen and oxygen atoms in total. The van der Waals surface area contributed by atoms with Gasteiger partial charge in [0.25, 0.3) is 5.91 Å². The van der Waals surface area contributed by atoms with Gasteiger partial charge in [0.1, 0.15) is 11.4 Å². The lowest BCUT2D eigenvalue weighted by molar-refractivity contribution is 0.0615. The molecule has 0 saturated carbocycles. The molecule has 1 aliphatic heterocycles. The molecule has 1 aliphatic rings. The summed E-state index contributed by atoms with van der Waals surface area (Å²) < 4.78 is 5.12. The van der Waals surface area contributed by atoms with Crippen LogP contribution in [0.4, 0.5) is 0 Å². The quantitative estimate of drug-likeness (QED) is 0.863. The zero-order valence-electron chi connectivity index (χ0n) is 14.8. The third-order valence-corrected chi connectivity index (χ3v) is 4.49. The highest BCUT2D eigenvalue weighted by atomic mass is 16.5. The van der Waals surface area contributed by atoms with Crippen molar-refractivity contribution in [3.05, 3.63) is 59.4 Å². The van der Waals surface area contributed by atoms with Crippen molar-refractivity contribution in [1.29, 1.82) is 0 Å². The van der Waals surface area contributed by atoms with Crippen LogP contribution >= 0.6 is 0 Å². The molecule has 1 saturated heterocycles. The van der Waals surface area contributed by atoms with E-state index in [1.54, 1.807) is 24.3 Å². The van der Waals surface area contributed by atoms with Crippen molar-refractivity contribution in [2.75, 3.05) is 26.8 Å². The van der Waals surface area contributed by atoms with Crippen molar-refractivity contribution in [3.63, 3.8) is 0 Å². The molecule has 3 rings (SSSR count). The lowest BCUT2D eigenvalue weighted by Gasteiger charge is -2.31. The van der Waals surface area contributed by atoms with E-state index in [-0.39, 0.29) is 18.4 Å². The van der Waals surface area contributed by atoms with Gasteiger partial charge in [0, 0.05) is 37.0 Å². The standard InChI is InChI=1S/C21H22N2O3/c1-26-19-9-6-16(7-10-19)4-5-17-8-11-20(22-13-17)21(25)23-12-2-3-18(14-23)15-24/h6-11,13,18,24H,2-3,12,14-15H2,1H3. The predicted octanol–water partition coefficient (Wildman–Crippen LogP) is 2.33. The molecule has 1 unspecified atom stereocenters. The van der Waals surface area contributed by atoms with Crippen LogP contribution in [-0.2, 0) is 0 Å². The summed E-state index contributed by atoms with van der Waals surface area (Å²) in [5.41, 5.74) is 2.05. The maximum absolute atomic E-state index is 12.5. The number of rotatable bonds is 3. The Kier molecular flexibility index (Phi) is 5.88. The largest absolute Gasteiger partial charge is 0.497 e. The second-order valence-corrected chi connectivity index (χ2v) is 6.35. The number of carbonyl (C=O) groups is 1. The fourth-order valence-electron chi connectivity index (χ4n) is 2.97. The summed E-state index contributed by atoms with van der Waals surface area (Å²) in [6.45, 7) is 1.43. The first-order chi connectivity index (χ1) is 12.7. The summed E-state index contributed by atoms with van der Waals surface area (Å²) in [6.07, 6.45) is 3.51. The maximum Gasteiger partial charge on any atom is 0.272 e. The molecule has 0 radical (unpaired) electrons. The molecule has 0 spiro atoms. The van der Waals surface area contributed by atoms with Crippen molar-refractivity contribution in [2.45, 2.75) is 12.8 Å². The minimum atomic E-state index is -0.0854. The smallest absolute Gasteiger partial charge is 0.272 e. The number of piperidine rings is 1. The minimum absolute atomic E-state index is 0.0854. The van der Waals surface area contributed by atoms with E-state index in [0.29, 0.717) is 12.2 Å². The van der Waals surface area contributed by atoms with Crippen LogP contribution < -0.4 is 4.74 Å². The summed E-state index contributed by atoms with van der Waals surface area (Å²) in [4.78, 5) is 18.6. The average molecular weight is 350 g/mol. The van der Waals surface area contributed by atoms with Crippen molar-refractivity contribution in [1.82, 2.24) is 9.88 Å². The molecule has 0 bridgehead atoms. The molecule has 1 amide bonds. The summed E-state index contributed by atoms with van der Waals surface area (Å²) in [7, 11) is 1.63. The van der Waals surface area contributed by atoms with Gasteiger partial charge in [-0.1, -0.05) is 11.8 Å². The number of benzene rings is 1. The second-order valence-electron chi connectivity index (χ2n) is 6.35. The number of aliphatic hydroxyl groups is 1. The van der Waals surface area contributed by atoms with E-state index >= 15 is 0 Å². The van der Waals surface area contributed by atoms with E-state index in [0.717, 1.165) is 36.3 Å². The Morgan fingerprint density at radius 3 is 2.62 bits per heavy atom. The molecule has 26 heavy (non-hydrogen) atoms. The summed E-state index contributed by atoms with van der Waals surface area (Å²) >= 11 is 0.